The predicted octanol–water partition coefficient (Wildman–Crippen LogP) is 2.18. The Labute approximate surface area is 109 Å². The minimum absolute atomic E-state index is 0.0415. The summed E-state index contributed by atoms with van der Waals surface area (Å²) in [5.74, 6) is 0.0415. The summed E-state index contributed by atoms with van der Waals surface area (Å²) in [5.41, 5.74) is 3.04. The fourth-order valence-corrected chi connectivity index (χ4v) is 2.57. The molecule has 0 saturated carbocycles. The highest BCUT2D eigenvalue weighted by Crippen LogP contribution is 2.10. The van der Waals surface area contributed by atoms with Gasteiger partial charge in [0, 0.05) is 18.2 Å². The van der Waals surface area contributed by atoms with Gasteiger partial charge in [-0.15, -0.1) is 0 Å². The average Bonchev–Trinajstić information content (AvgIpc) is 2.80. The van der Waals surface area contributed by atoms with Crippen molar-refractivity contribution >= 4 is 5.91 Å². The van der Waals surface area contributed by atoms with Crippen molar-refractivity contribution in [3.8, 4) is 0 Å². The number of nitrogens with one attached hydrogen (secondary N) is 2. The summed E-state index contributed by atoms with van der Waals surface area (Å²) in [6, 6.07) is 6.55. The average molecular weight is 246 g/mol. The molecule has 0 radical (unpaired) electrons. The maximum atomic E-state index is 12.0. The second-order valence-corrected chi connectivity index (χ2v) is 5.21. The fraction of sp³-hybridized carbons (Fsp3) is 0.533. The van der Waals surface area contributed by atoms with Crippen molar-refractivity contribution < 1.29 is 4.79 Å². The molecule has 18 heavy (non-hydrogen) atoms. The first-order chi connectivity index (χ1) is 8.65. The molecule has 3 heteroatoms. The van der Waals surface area contributed by atoms with E-state index in [4.69, 9.17) is 0 Å². The van der Waals surface area contributed by atoms with Crippen molar-refractivity contribution in [2.24, 2.45) is 0 Å². The zero-order valence-corrected chi connectivity index (χ0v) is 11.3. The van der Waals surface area contributed by atoms with E-state index < -0.39 is 0 Å². The smallest absolute Gasteiger partial charge is 0.251 e. The topological polar surface area (TPSA) is 41.1 Å². The Morgan fingerprint density at radius 3 is 2.67 bits per heavy atom. The number of benzene rings is 1. The molecule has 1 aliphatic heterocycles. The molecule has 1 aromatic carbocycles. The Balaban J connectivity index is 1.83. The van der Waals surface area contributed by atoms with Gasteiger partial charge in [-0.3, -0.25) is 4.79 Å². The van der Waals surface area contributed by atoms with Gasteiger partial charge in [0.25, 0.3) is 5.91 Å². The van der Waals surface area contributed by atoms with Gasteiger partial charge in [-0.25, -0.2) is 0 Å². The van der Waals surface area contributed by atoms with Crippen LogP contribution in [0.15, 0.2) is 18.2 Å². The Morgan fingerprint density at radius 2 is 2.06 bits per heavy atom. The maximum Gasteiger partial charge on any atom is 0.251 e. The van der Waals surface area contributed by atoms with Crippen molar-refractivity contribution in [1.29, 1.82) is 0 Å². The Hall–Kier alpha value is -1.35. The van der Waals surface area contributed by atoms with Gasteiger partial charge in [-0.05, 0) is 51.8 Å². The van der Waals surface area contributed by atoms with Gasteiger partial charge in [-0.2, -0.15) is 0 Å². The second kappa shape index (κ2) is 6.01. The van der Waals surface area contributed by atoms with E-state index in [-0.39, 0.29) is 5.91 Å². The minimum Gasteiger partial charge on any atom is -0.352 e. The van der Waals surface area contributed by atoms with Gasteiger partial charge in [0.15, 0.2) is 0 Å². The minimum atomic E-state index is 0.0415. The highest BCUT2D eigenvalue weighted by Gasteiger charge is 2.14. The van der Waals surface area contributed by atoms with Crippen LogP contribution in [-0.4, -0.2) is 25.0 Å². The van der Waals surface area contributed by atoms with Crippen molar-refractivity contribution in [3.63, 3.8) is 0 Å². The van der Waals surface area contributed by atoms with Crippen molar-refractivity contribution in [2.45, 2.75) is 39.2 Å². The van der Waals surface area contributed by atoms with Crippen LogP contribution in [0.2, 0.25) is 0 Å². The van der Waals surface area contributed by atoms with Crippen LogP contribution in [0.25, 0.3) is 0 Å². The second-order valence-electron chi connectivity index (χ2n) is 5.21. The van der Waals surface area contributed by atoms with Crippen LogP contribution in [0, 0.1) is 13.8 Å². The van der Waals surface area contributed by atoms with Crippen molar-refractivity contribution in [2.75, 3.05) is 13.1 Å². The molecule has 1 amide bonds. The molecule has 2 rings (SSSR count). The lowest BCUT2D eigenvalue weighted by molar-refractivity contribution is 0.0952. The largest absolute Gasteiger partial charge is 0.352 e. The SMILES string of the molecule is Cc1cc(C)cc(C(=O)NCCC2CCCN2)c1. The van der Waals surface area contributed by atoms with E-state index in [2.05, 4.69) is 16.7 Å². The molecule has 3 nitrogen and oxygen atoms in total. The Morgan fingerprint density at radius 1 is 1.33 bits per heavy atom. The molecule has 1 unspecified atom stereocenters. The van der Waals surface area contributed by atoms with Crippen LogP contribution in [0.3, 0.4) is 0 Å². The standard InChI is InChI=1S/C15H22N2O/c1-11-8-12(2)10-13(9-11)15(18)17-7-5-14-4-3-6-16-14/h8-10,14,16H,3-7H2,1-2H3,(H,17,18). The summed E-state index contributed by atoms with van der Waals surface area (Å²) < 4.78 is 0. The van der Waals surface area contributed by atoms with E-state index in [1.807, 2.05) is 26.0 Å². The summed E-state index contributed by atoms with van der Waals surface area (Å²) >= 11 is 0. The molecule has 1 heterocycles. The van der Waals surface area contributed by atoms with Crippen molar-refractivity contribution in [3.05, 3.63) is 34.9 Å². The molecule has 0 bridgehead atoms. The van der Waals surface area contributed by atoms with Crippen LogP contribution < -0.4 is 10.6 Å². The molecule has 1 saturated heterocycles. The van der Waals surface area contributed by atoms with Gasteiger partial charge in [0.1, 0.15) is 0 Å². The predicted molar refractivity (Wildman–Crippen MR) is 73.9 cm³/mol. The van der Waals surface area contributed by atoms with Crippen LogP contribution in [0.4, 0.5) is 0 Å². The molecule has 1 atom stereocenters. The van der Waals surface area contributed by atoms with Gasteiger partial charge in [0.05, 0.1) is 0 Å². The fourth-order valence-electron chi connectivity index (χ4n) is 2.57. The molecule has 2 N–H and O–H groups in total. The number of aryl methyl sites for hydroxylation is 2. The van der Waals surface area contributed by atoms with E-state index in [1.165, 1.54) is 12.8 Å². The van der Waals surface area contributed by atoms with Gasteiger partial charge < -0.3 is 10.6 Å². The van der Waals surface area contributed by atoms with E-state index in [0.717, 1.165) is 36.2 Å². The first-order valence-corrected chi connectivity index (χ1v) is 6.75. The van der Waals surface area contributed by atoms with Gasteiger partial charge >= 0.3 is 0 Å². The first kappa shape index (κ1) is 13.1. The normalized spacial score (nSPS) is 18.9. The van der Waals surface area contributed by atoms with Crippen LogP contribution >= 0.6 is 0 Å². The number of hydrogen-bond donors (Lipinski definition) is 2. The van der Waals surface area contributed by atoms with E-state index in [0.29, 0.717) is 6.04 Å². The number of amides is 1. The molecule has 1 aliphatic rings. The molecule has 1 fully saturated rings. The molecular weight excluding hydrogens is 224 g/mol. The molecule has 0 aromatic heterocycles. The summed E-state index contributed by atoms with van der Waals surface area (Å²) in [7, 11) is 0. The van der Waals surface area contributed by atoms with Crippen LogP contribution in [0.5, 0.6) is 0 Å². The number of carbonyl (C=O) groups excluding carboxylic acids is 1. The number of carbonyl (C=O) groups is 1. The molecule has 1 aromatic rings. The molecule has 98 valence electrons. The van der Waals surface area contributed by atoms with E-state index >= 15 is 0 Å². The zero-order chi connectivity index (χ0) is 13.0. The Bertz CT molecular complexity index is 402. The van der Waals surface area contributed by atoms with Crippen LogP contribution in [-0.2, 0) is 0 Å². The van der Waals surface area contributed by atoms with Gasteiger partial charge in [-0.1, -0.05) is 17.2 Å². The maximum absolute atomic E-state index is 12.0. The lowest BCUT2D eigenvalue weighted by Crippen LogP contribution is -2.30. The van der Waals surface area contributed by atoms with Crippen molar-refractivity contribution in [1.82, 2.24) is 10.6 Å². The lowest BCUT2D eigenvalue weighted by atomic mass is 10.1. The molecule has 0 spiro atoms. The third-order valence-electron chi connectivity index (χ3n) is 3.42. The third kappa shape index (κ3) is 3.57. The van der Waals surface area contributed by atoms with E-state index in [9.17, 15) is 4.79 Å². The monoisotopic (exact) mass is 246 g/mol. The lowest BCUT2D eigenvalue weighted by Gasteiger charge is -2.11. The first-order valence-electron chi connectivity index (χ1n) is 6.75. The Kier molecular flexibility index (Phi) is 4.37. The highest BCUT2D eigenvalue weighted by molar-refractivity contribution is 5.94. The molecular formula is C15H22N2O. The van der Waals surface area contributed by atoms with Crippen LogP contribution in [0.1, 0.15) is 40.7 Å². The number of rotatable bonds is 4. The highest BCUT2D eigenvalue weighted by atomic mass is 16.1. The summed E-state index contributed by atoms with van der Waals surface area (Å²) in [5, 5.41) is 6.44. The summed E-state index contributed by atoms with van der Waals surface area (Å²) in [6.45, 7) is 5.91. The zero-order valence-electron chi connectivity index (χ0n) is 11.3. The van der Waals surface area contributed by atoms with E-state index in [1.54, 1.807) is 0 Å². The third-order valence-corrected chi connectivity index (χ3v) is 3.42. The molecule has 0 aliphatic carbocycles. The number of hydrogen-bond acceptors (Lipinski definition) is 2. The quantitative estimate of drug-likeness (QED) is 0.855. The summed E-state index contributed by atoms with van der Waals surface area (Å²) in [4.78, 5) is 12.0. The summed E-state index contributed by atoms with van der Waals surface area (Å²) in [6.07, 6.45) is 3.52. The van der Waals surface area contributed by atoms with Gasteiger partial charge in [0.2, 0.25) is 0 Å².